The fraction of sp³-hybridized carbons (Fsp3) is 0.500. The number of carbonyl (C=O) groups is 2. The van der Waals surface area contributed by atoms with Crippen molar-refractivity contribution in [3.8, 4) is 0 Å². The van der Waals surface area contributed by atoms with Crippen LogP contribution >= 0.6 is 15.9 Å². The topological polar surface area (TPSA) is 86.8 Å². The Kier molecular flexibility index (Phi) is 10.2. The summed E-state index contributed by atoms with van der Waals surface area (Å²) >= 11 is 3.42. The van der Waals surface area contributed by atoms with Gasteiger partial charge in [-0.3, -0.25) is 13.9 Å². The Morgan fingerprint density at radius 3 is 2.11 bits per heavy atom. The summed E-state index contributed by atoms with van der Waals surface area (Å²) in [7, 11) is -3.75. The Morgan fingerprint density at radius 2 is 1.57 bits per heavy atom. The van der Waals surface area contributed by atoms with Crippen LogP contribution in [0.2, 0.25) is 0 Å². The number of nitrogens with one attached hydrogen (secondary N) is 1. The van der Waals surface area contributed by atoms with Gasteiger partial charge in [0.05, 0.1) is 11.9 Å². The Bertz CT molecular complexity index is 1160. The van der Waals surface area contributed by atoms with Crippen molar-refractivity contribution in [1.82, 2.24) is 10.2 Å². The van der Waals surface area contributed by atoms with E-state index in [9.17, 15) is 18.0 Å². The third kappa shape index (κ3) is 8.30. The normalized spacial score (nSPS) is 15.3. The minimum atomic E-state index is -3.75. The molecular weight excluding hydrogens is 554 g/mol. The number of nitrogens with zero attached hydrogens (tertiary/aromatic N) is 2. The van der Waals surface area contributed by atoms with Crippen LogP contribution in [-0.4, -0.2) is 50.0 Å². The third-order valence-corrected chi connectivity index (χ3v) is 8.58. The van der Waals surface area contributed by atoms with Crippen molar-refractivity contribution in [1.29, 1.82) is 0 Å². The Balaban J connectivity index is 1.86. The molecule has 1 aliphatic rings. The van der Waals surface area contributed by atoms with E-state index in [0.29, 0.717) is 11.6 Å². The van der Waals surface area contributed by atoms with E-state index in [0.717, 1.165) is 51.8 Å². The molecule has 0 heterocycles. The van der Waals surface area contributed by atoms with Crippen molar-refractivity contribution in [3.05, 3.63) is 64.1 Å². The Morgan fingerprint density at radius 1 is 0.973 bits per heavy atom. The molecule has 37 heavy (non-hydrogen) atoms. The molecule has 2 aromatic rings. The van der Waals surface area contributed by atoms with Gasteiger partial charge in [-0.25, -0.2) is 8.42 Å². The van der Waals surface area contributed by atoms with E-state index < -0.39 is 28.5 Å². The van der Waals surface area contributed by atoms with Gasteiger partial charge in [-0.2, -0.15) is 0 Å². The van der Waals surface area contributed by atoms with E-state index >= 15 is 0 Å². The van der Waals surface area contributed by atoms with Crippen LogP contribution in [-0.2, 0) is 26.2 Å². The molecule has 0 aliphatic heterocycles. The van der Waals surface area contributed by atoms with Crippen LogP contribution in [0.5, 0.6) is 0 Å². The lowest BCUT2D eigenvalue weighted by Gasteiger charge is -2.33. The van der Waals surface area contributed by atoms with Crippen LogP contribution in [0.4, 0.5) is 5.69 Å². The molecule has 0 radical (unpaired) electrons. The van der Waals surface area contributed by atoms with E-state index in [1.807, 2.05) is 36.4 Å². The van der Waals surface area contributed by atoms with E-state index in [-0.39, 0.29) is 18.5 Å². The van der Waals surface area contributed by atoms with Crippen molar-refractivity contribution in [2.75, 3.05) is 17.1 Å². The van der Waals surface area contributed by atoms with Crippen molar-refractivity contribution in [3.63, 3.8) is 0 Å². The summed E-state index contributed by atoms with van der Waals surface area (Å²) in [4.78, 5) is 28.4. The predicted octanol–water partition coefficient (Wildman–Crippen LogP) is 5.20. The minimum Gasteiger partial charge on any atom is -0.352 e. The van der Waals surface area contributed by atoms with Crippen LogP contribution in [0.15, 0.2) is 53.0 Å². The van der Waals surface area contributed by atoms with Crippen molar-refractivity contribution >= 4 is 43.5 Å². The van der Waals surface area contributed by atoms with Gasteiger partial charge in [-0.15, -0.1) is 0 Å². The van der Waals surface area contributed by atoms with Gasteiger partial charge < -0.3 is 10.2 Å². The molecule has 1 fully saturated rings. The van der Waals surface area contributed by atoms with Crippen molar-refractivity contribution in [2.24, 2.45) is 0 Å². The molecule has 2 amide bonds. The highest BCUT2D eigenvalue weighted by Crippen LogP contribution is 2.23. The molecule has 0 saturated heterocycles. The molecule has 7 nitrogen and oxygen atoms in total. The molecule has 0 bridgehead atoms. The van der Waals surface area contributed by atoms with E-state index in [2.05, 4.69) is 35.1 Å². The van der Waals surface area contributed by atoms with E-state index in [1.54, 1.807) is 19.1 Å². The Hall–Kier alpha value is -2.39. The van der Waals surface area contributed by atoms with Gasteiger partial charge in [0, 0.05) is 17.1 Å². The first-order valence-corrected chi connectivity index (χ1v) is 15.5. The summed E-state index contributed by atoms with van der Waals surface area (Å²) in [6, 6.07) is 14.1. The summed E-state index contributed by atoms with van der Waals surface area (Å²) in [5.74, 6) is -0.357. The Labute approximate surface area is 229 Å². The summed E-state index contributed by atoms with van der Waals surface area (Å²) < 4.78 is 27.5. The molecule has 2 aromatic carbocycles. The van der Waals surface area contributed by atoms with Crippen molar-refractivity contribution < 1.29 is 18.0 Å². The highest BCUT2D eigenvalue weighted by molar-refractivity contribution is 9.10. The number of benzene rings is 2. The lowest BCUT2D eigenvalue weighted by molar-refractivity contribution is -0.139. The lowest BCUT2D eigenvalue weighted by atomic mass is 9.95. The van der Waals surface area contributed by atoms with Crippen LogP contribution < -0.4 is 9.62 Å². The average molecular weight is 593 g/mol. The first kappa shape index (κ1) is 29.2. The number of hydrogen-bond donors (Lipinski definition) is 1. The fourth-order valence-corrected chi connectivity index (χ4v) is 5.69. The molecule has 3 rings (SSSR count). The molecule has 1 N–H and O–H groups in total. The van der Waals surface area contributed by atoms with Crippen LogP contribution in [0.1, 0.15) is 69.9 Å². The number of carbonyl (C=O) groups excluding carboxylic acids is 2. The summed E-state index contributed by atoms with van der Waals surface area (Å²) in [6.07, 6.45) is 6.31. The van der Waals surface area contributed by atoms with Gasteiger partial charge in [-0.05, 0) is 61.1 Å². The standard InChI is InChI=1S/C28H38BrN3O4S/c1-20(2)23-12-16-26(17-13-23)32(37(4,35)36)19-27(33)31(18-22-10-14-24(29)15-11-22)21(3)28(34)30-25-8-6-5-7-9-25/h10-17,20-21,25H,5-9,18-19H2,1-4H3,(H,30,34)/t21-/m0/s1. The fourth-order valence-electron chi connectivity index (χ4n) is 4.58. The van der Waals surface area contributed by atoms with Crippen molar-refractivity contribution in [2.45, 2.75) is 77.4 Å². The number of sulfonamides is 1. The quantitative estimate of drug-likeness (QED) is 0.411. The third-order valence-electron chi connectivity index (χ3n) is 6.91. The predicted molar refractivity (Wildman–Crippen MR) is 152 cm³/mol. The van der Waals surface area contributed by atoms with Crippen LogP contribution in [0.3, 0.4) is 0 Å². The zero-order chi connectivity index (χ0) is 27.2. The van der Waals surface area contributed by atoms with Gasteiger partial charge in [0.1, 0.15) is 12.6 Å². The molecule has 1 saturated carbocycles. The van der Waals surface area contributed by atoms with Gasteiger partial charge in [0.25, 0.3) is 0 Å². The molecule has 0 spiro atoms. The van der Waals surface area contributed by atoms with Gasteiger partial charge in [0.2, 0.25) is 21.8 Å². The monoisotopic (exact) mass is 591 g/mol. The molecular formula is C28H38BrN3O4S. The number of hydrogen-bond acceptors (Lipinski definition) is 4. The summed E-state index contributed by atoms with van der Waals surface area (Å²) in [5.41, 5.74) is 2.35. The second kappa shape index (κ2) is 12.9. The molecule has 0 aromatic heterocycles. The maximum Gasteiger partial charge on any atom is 0.244 e. The number of rotatable bonds is 10. The van der Waals surface area contributed by atoms with E-state index in [4.69, 9.17) is 0 Å². The molecule has 202 valence electrons. The number of amides is 2. The molecule has 1 atom stereocenters. The molecule has 1 aliphatic carbocycles. The first-order chi connectivity index (χ1) is 17.5. The van der Waals surface area contributed by atoms with Gasteiger partial charge in [-0.1, -0.05) is 73.3 Å². The van der Waals surface area contributed by atoms with E-state index in [1.165, 1.54) is 11.3 Å². The second-order valence-electron chi connectivity index (χ2n) is 10.2. The highest BCUT2D eigenvalue weighted by atomic mass is 79.9. The maximum absolute atomic E-state index is 13.7. The largest absolute Gasteiger partial charge is 0.352 e. The highest BCUT2D eigenvalue weighted by Gasteiger charge is 2.31. The first-order valence-electron chi connectivity index (χ1n) is 12.9. The zero-order valence-electron chi connectivity index (χ0n) is 22.1. The lowest BCUT2D eigenvalue weighted by Crippen LogP contribution is -2.52. The second-order valence-corrected chi connectivity index (χ2v) is 13.0. The average Bonchev–Trinajstić information content (AvgIpc) is 2.86. The smallest absolute Gasteiger partial charge is 0.244 e. The summed E-state index contributed by atoms with van der Waals surface area (Å²) in [6.45, 7) is 5.63. The molecule has 0 unspecified atom stereocenters. The number of halogens is 1. The maximum atomic E-state index is 13.7. The van der Waals surface area contributed by atoms with Gasteiger partial charge in [0.15, 0.2) is 0 Å². The van der Waals surface area contributed by atoms with Crippen LogP contribution in [0, 0.1) is 0 Å². The minimum absolute atomic E-state index is 0.111. The zero-order valence-corrected chi connectivity index (χ0v) is 24.5. The van der Waals surface area contributed by atoms with Gasteiger partial charge >= 0.3 is 0 Å². The SMILES string of the molecule is CC(C)c1ccc(N(CC(=O)N(Cc2ccc(Br)cc2)[C@@H](C)C(=O)NC2CCCCC2)S(C)(=O)=O)cc1. The van der Waals surface area contributed by atoms with Crippen LogP contribution in [0.25, 0.3) is 0 Å². The number of anilines is 1. The molecule has 9 heteroatoms. The summed E-state index contributed by atoms with van der Waals surface area (Å²) in [5, 5.41) is 3.11.